The summed E-state index contributed by atoms with van der Waals surface area (Å²) < 4.78 is 26.2. The van der Waals surface area contributed by atoms with E-state index < -0.39 is 10.0 Å². The van der Waals surface area contributed by atoms with Crippen molar-refractivity contribution in [1.82, 2.24) is 4.31 Å². The van der Waals surface area contributed by atoms with Crippen LogP contribution in [0.3, 0.4) is 0 Å². The molecule has 1 aromatic rings. The van der Waals surface area contributed by atoms with Crippen LogP contribution in [0.1, 0.15) is 18.4 Å². The second-order valence-corrected chi connectivity index (χ2v) is 6.75. The van der Waals surface area contributed by atoms with Crippen molar-refractivity contribution >= 4 is 15.8 Å². The number of hydrogen-bond donors (Lipinski definition) is 0. The summed E-state index contributed by atoms with van der Waals surface area (Å²) in [5.41, 5.74) is 0.971. The first-order chi connectivity index (χ1) is 10.9. The summed E-state index contributed by atoms with van der Waals surface area (Å²) in [4.78, 5) is 11.2. The number of terminal acetylenes is 1. The van der Waals surface area contributed by atoms with Crippen LogP contribution < -0.4 is 0 Å². The van der Waals surface area contributed by atoms with Crippen LogP contribution in [0.5, 0.6) is 0 Å². The summed E-state index contributed by atoms with van der Waals surface area (Å²) in [6.07, 6.45) is 7.14. The van der Waals surface area contributed by atoms with Gasteiger partial charge in [-0.1, -0.05) is 36.1 Å². The number of carbonyl (C=O) groups excluding carboxylic acids is 1. The van der Waals surface area contributed by atoms with Gasteiger partial charge < -0.3 is 0 Å². The molecule has 0 aliphatic carbocycles. The summed E-state index contributed by atoms with van der Waals surface area (Å²) in [6, 6.07) is 6.55. The second kappa shape index (κ2) is 8.95. The number of benzene rings is 1. The van der Waals surface area contributed by atoms with Crippen molar-refractivity contribution in [2.75, 3.05) is 13.1 Å². The lowest BCUT2D eigenvalue weighted by molar-refractivity contribution is -0.114. The highest BCUT2D eigenvalue weighted by Gasteiger charge is 2.22. The van der Waals surface area contributed by atoms with E-state index in [0.717, 1.165) is 9.87 Å². The molecule has 0 spiro atoms. The minimum absolute atomic E-state index is 0.0112. The fraction of sp³-hybridized carbons (Fsp3) is 0.278. The molecule has 0 bridgehead atoms. The molecule has 0 atom stereocenters. The van der Waals surface area contributed by atoms with Crippen molar-refractivity contribution in [3.63, 3.8) is 0 Å². The maximum atomic E-state index is 12.5. The normalized spacial score (nSPS) is 10.5. The third-order valence-corrected chi connectivity index (χ3v) is 4.84. The third-order valence-electron chi connectivity index (χ3n) is 3.03. The monoisotopic (exact) mass is 329 g/mol. The van der Waals surface area contributed by atoms with Gasteiger partial charge in [0.25, 0.3) is 0 Å². The first kappa shape index (κ1) is 18.7. The van der Waals surface area contributed by atoms with Gasteiger partial charge in [0.15, 0.2) is 5.78 Å². The van der Waals surface area contributed by atoms with Gasteiger partial charge in [0.2, 0.25) is 10.0 Å². The molecule has 0 radical (unpaired) electrons. The van der Waals surface area contributed by atoms with Crippen LogP contribution in [0.2, 0.25) is 0 Å². The van der Waals surface area contributed by atoms with Crippen LogP contribution in [-0.4, -0.2) is 31.6 Å². The highest BCUT2D eigenvalue weighted by atomic mass is 32.2. The average Bonchev–Trinajstić information content (AvgIpc) is 2.53. The summed E-state index contributed by atoms with van der Waals surface area (Å²) in [6.45, 7) is 5.19. The highest BCUT2D eigenvalue weighted by Crippen LogP contribution is 2.15. The van der Waals surface area contributed by atoms with Crippen molar-refractivity contribution in [1.29, 1.82) is 0 Å². The van der Waals surface area contributed by atoms with E-state index in [1.807, 2.05) is 6.92 Å². The Kier molecular flexibility index (Phi) is 7.28. The minimum atomic E-state index is -3.68. The number of carbonyl (C=O) groups is 1. The maximum absolute atomic E-state index is 12.5. The molecule has 0 aliphatic rings. The molecule has 120 valence electrons. The average molecular weight is 329 g/mol. The van der Waals surface area contributed by atoms with E-state index in [-0.39, 0.29) is 30.2 Å². The van der Waals surface area contributed by atoms with Gasteiger partial charge in [-0.3, -0.25) is 4.79 Å². The van der Waals surface area contributed by atoms with Gasteiger partial charge in [-0.15, -0.1) is 12.3 Å². The lowest BCUT2D eigenvalue weighted by Gasteiger charge is -2.17. The van der Waals surface area contributed by atoms with Crippen LogP contribution in [0.25, 0.3) is 0 Å². The van der Waals surface area contributed by atoms with E-state index in [0.29, 0.717) is 6.42 Å². The Bertz CT molecular complexity index is 759. The number of allylic oxidation sites excluding steroid dienone is 1. The third kappa shape index (κ3) is 5.75. The van der Waals surface area contributed by atoms with Gasteiger partial charge in [0.1, 0.15) is 0 Å². The molecule has 5 heteroatoms. The zero-order chi connectivity index (χ0) is 17.3. The molecular weight excluding hydrogens is 310 g/mol. The summed E-state index contributed by atoms with van der Waals surface area (Å²) in [5, 5.41) is 0. The lowest BCUT2D eigenvalue weighted by atomic mass is 10.2. The molecule has 0 unspecified atom stereocenters. The van der Waals surface area contributed by atoms with Crippen molar-refractivity contribution in [3.05, 3.63) is 42.5 Å². The van der Waals surface area contributed by atoms with E-state index in [9.17, 15) is 13.2 Å². The predicted molar refractivity (Wildman–Crippen MR) is 91.0 cm³/mol. The first-order valence-electron chi connectivity index (χ1n) is 7.03. The van der Waals surface area contributed by atoms with Gasteiger partial charge in [0, 0.05) is 12.8 Å². The topological polar surface area (TPSA) is 54.5 Å². The Balaban J connectivity index is 2.83. The van der Waals surface area contributed by atoms with Gasteiger partial charge in [-0.25, -0.2) is 8.42 Å². The summed E-state index contributed by atoms with van der Waals surface area (Å²) in [5.74, 6) is 7.77. The molecule has 1 aromatic carbocycles. The smallest absolute Gasteiger partial charge is 0.244 e. The number of hydrogen-bond acceptors (Lipinski definition) is 3. The van der Waals surface area contributed by atoms with Crippen LogP contribution in [0.15, 0.2) is 41.8 Å². The van der Waals surface area contributed by atoms with Crippen LogP contribution in [-0.2, 0) is 14.8 Å². The van der Waals surface area contributed by atoms with Gasteiger partial charge in [-0.05, 0) is 25.1 Å². The summed E-state index contributed by atoms with van der Waals surface area (Å²) >= 11 is 0. The molecule has 0 fully saturated rings. The Labute approximate surface area is 138 Å². The van der Waals surface area contributed by atoms with Crippen LogP contribution in [0.4, 0.5) is 0 Å². The van der Waals surface area contributed by atoms with Gasteiger partial charge in [-0.2, -0.15) is 4.31 Å². The van der Waals surface area contributed by atoms with Crippen molar-refractivity contribution in [3.8, 4) is 24.2 Å². The Morgan fingerprint density at radius 1 is 1.26 bits per heavy atom. The Morgan fingerprint density at radius 2 is 1.91 bits per heavy atom. The number of aryl methyl sites for hydroxylation is 1. The quantitative estimate of drug-likeness (QED) is 0.569. The molecule has 0 aromatic heterocycles. The maximum Gasteiger partial charge on any atom is 0.244 e. The molecule has 0 amide bonds. The van der Waals surface area contributed by atoms with E-state index >= 15 is 0 Å². The molecule has 4 nitrogen and oxygen atoms in total. The predicted octanol–water partition coefficient (Wildman–Crippen LogP) is 2.16. The van der Waals surface area contributed by atoms with E-state index in [2.05, 4.69) is 24.3 Å². The largest absolute Gasteiger partial charge is 0.295 e. The Hall–Kier alpha value is -2.34. The Morgan fingerprint density at radius 3 is 2.48 bits per heavy atom. The molecule has 1 rings (SSSR count). The standard InChI is InChI=1S/C18H19NO3S/c1-4-14-19(15-8-6-7-9-17(20)5-2)23(21,22)18-12-10-16(3)11-13-18/h1,5,10-13H,2,7,9,14-15H2,3H3. The van der Waals surface area contributed by atoms with Crippen LogP contribution in [0, 0.1) is 31.1 Å². The fourth-order valence-corrected chi connectivity index (χ4v) is 2.96. The highest BCUT2D eigenvalue weighted by molar-refractivity contribution is 7.89. The number of sulfonamides is 1. The van der Waals surface area contributed by atoms with Gasteiger partial charge >= 0.3 is 0 Å². The zero-order valence-corrected chi connectivity index (χ0v) is 13.9. The second-order valence-electron chi connectivity index (χ2n) is 4.81. The van der Waals surface area contributed by atoms with Crippen molar-refractivity contribution in [2.24, 2.45) is 0 Å². The minimum Gasteiger partial charge on any atom is -0.295 e. The lowest BCUT2D eigenvalue weighted by Crippen LogP contribution is -2.31. The molecule has 23 heavy (non-hydrogen) atoms. The number of nitrogens with zero attached hydrogens (tertiary/aromatic N) is 1. The van der Waals surface area contributed by atoms with Crippen LogP contribution >= 0.6 is 0 Å². The SMILES string of the molecule is C#CCN(CC#CCCC(=O)C=C)S(=O)(=O)c1ccc(C)cc1. The van der Waals surface area contributed by atoms with E-state index in [1.54, 1.807) is 24.3 Å². The fourth-order valence-electron chi connectivity index (χ4n) is 1.71. The van der Waals surface area contributed by atoms with Crippen molar-refractivity contribution < 1.29 is 13.2 Å². The first-order valence-corrected chi connectivity index (χ1v) is 8.47. The molecule has 0 aliphatic heterocycles. The molecule has 0 heterocycles. The molecule has 0 saturated heterocycles. The molecular formula is C18H19NO3S. The number of ketones is 1. The molecule has 0 saturated carbocycles. The zero-order valence-electron chi connectivity index (χ0n) is 13.1. The van der Waals surface area contributed by atoms with Gasteiger partial charge in [0.05, 0.1) is 18.0 Å². The number of rotatable bonds is 7. The molecule has 0 N–H and O–H groups in total. The van der Waals surface area contributed by atoms with Crippen molar-refractivity contribution in [2.45, 2.75) is 24.7 Å². The van der Waals surface area contributed by atoms with E-state index in [4.69, 9.17) is 6.42 Å². The summed E-state index contributed by atoms with van der Waals surface area (Å²) in [7, 11) is -3.68. The van der Waals surface area contributed by atoms with E-state index in [1.165, 1.54) is 6.08 Å².